The largest absolute Gasteiger partial charge is 0.417 e. The summed E-state index contributed by atoms with van der Waals surface area (Å²) in [5, 5.41) is 5.26. The second-order valence-electron chi connectivity index (χ2n) is 8.02. The van der Waals surface area contributed by atoms with Crippen molar-refractivity contribution in [3.63, 3.8) is 0 Å². The van der Waals surface area contributed by atoms with Crippen molar-refractivity contribution in [2.45, 2.75) is 19.7 Å². The molecule has 0 saturated carbocycles. The summed E-state index contributed by atoms with van der Waals surface area (Å²) in [6, 6.07) is 10.8. The quantitative estimate of drug-likeness (QED) is 0.221. The molecule has 4 rings (SSSR count). The van der Waals surface area contributed by atoms with Gasteiger partial charge in [-0.3, -0.25) is 9.59 Å². The summed E-state index contributed by atoms with van der Waals surface area (Å²) < 4.78 is 45.7. The van der Waals surface area contributed by atoms with Crippen LogP contribution in [0.25, 0.3) is 11.0 Å². The fourth-order valence-corrected chi connectivity index (χ4v) is 4.17. The van der Waals surface area contributed by atoms with Gasteiger partial charge in [-0.15, -0.1) is 12.4 Å². The molecule has 4 aromatic rings. The lowest BCUT2D eigenvalue weighted by Crippen LogP contribution is -2.20. The van der Waals surface area contributed by atoms with Crippen LogP contribution >= 0.6 is 35.6 Å². The Morgan fingerprint density at radius 1 is 1.03 bits per heavy atom. The Kier molecular flexibility index (Phi) is 8.94. The van der Waals surface area contributed by atoms with Gasteiger partial charge in [0.05, 0.1) is 27.2 Å². The number of methoxy groups -OCH3 is 1. The lowest BCUT2D eigenvalue weighted by molar-refractivity contribution is -0.137. The topological polar surface area (TPSA) is 96.1 Å². The zero-order valence-electron chi connectivity index (χ0n) is 19.8. The number of aromatic nitrogens is 2. The number of carbonyl (C=O) groups excluding carboxylic acids is 2. The van der Waals surface area contributed by atoms with E-state index in [4.69, 9.17) is 27.9 Å². The van der Waals surface area contributed by atoms with Crippen molar-refractivity contribution in [3.05, 3.63) is 86.7 Å². The lowest BCUT2D eigenvalue weighted by atomic mass is 10.1. The second kappa shape index (κ2) is 11.6. The Labute approximate surface area is 231 Å². The minimum Gasteiger partial charge on any atom is -0.377 e. The molecule has 3 aromatic carbocycles. The van der Waals surface area contributed by atoms with E-state index >= 15 is 0 Å². The highest BCUT2D eigenvalue weighted by atomic mass is 35.5. The van der Waals surface area contributed by atoms with Gasteiger partial charge in [0.1, 0.15) is 17.9 Å². The van der Waals surface area contributed by atoms with E-state index in [-0.39, 0.29) is 40.8 Å². The zero-order valence-corrected chi connectivity index (χ0v) is 22.1. The number of carbonyl (C=O) groups is 2. The van der Waals surface area contributed by atoms with Crippen molar-refractivity contribution in [1.29, 1.82) is 0 Å². The molecule has 0 atom stereocenters. The Morgan fingerprint density at radius 2 is 1.71 bits per heavy atom. The summed E-state index contributed by atoms with van der Waals surface area (Å²) in [6.07, 6.45) is -4.81. The molecule has 38 heavy (non-hydrogen) atoms. The number of hydrogen-bond acceptors (Lipinski definition) is 4. The van der Waals surface area contributed by atoms with E-state index in [1.54, 1.807) is 25.1 Å². The first-order valence-electron chi connectivity index (χ1n) is 10.7. The molecule has 0 aliphatic carbocycles. The average Bonchev–Trinajstić information content (AvgIpc) is 3.23. The molecular weight excluding hydrogens is 568 g/mol. The number of amides is 2. The van der Waals surface area contributed by atoms with Crippen LogP contribution in [0.1, 0.15) is 37.7 Å². The molecule has 1 heterocycles. The number of alkyl halides is 3. The summed E-state index contributed by atoms with van der Waals surface area (Å²) in [5.41, 5.74) is -0.0904. The fourth-order valence-electron chi connectivity index (χ4n) is 3.74. The van der Waals surface area contributed by atoms with Crippen molar-refractivity contribution >= 4 is 69.8 Å². The molecule has 13 heteroatoms. The van der Waals surface area contributed by atoms with Crippen LogP contribution in [0.4, 0.5) is 24.5 Å². The maximum Gasteiger partial charge on any atom is 0.417 e. The van der Waals surface area contributed by atoms with Crippen molar-refractivity contribution in [2.75, 3.05) is 17.7 Å². The maximum absolute atomic E-state index is 13.5. The predicted molar refractivity (Wildman–Crippen MR) is 143 cm³/mol. The lowest BCUT2D eigenvalue weighted by Gasteiger charge is -2.15. The Morgan fingerprint density at radius 3 is 2.39 bits per heavy atom. The summed E-state index contributed by atoms with van der Waals surface area (Å²) in [4.78, 5) is 33.6. The van der Waals surface area contributed by atoms with Gasteiger partial charge in [-0.2, -0.15) is 13.2 Å². The molecule has 0 unspecified atom stereocenters. The number of imidazole rings is 1. The molecule has 0 saturated heterocycles. The van der Waals surface area contributed by atoms with Gasteiger partial charge in [-0.1, -0.05) is 35.3 Å². The number of hydrogen-bond donors (Lipinski definition) is 3. The predicted octanol–water partition coefficient (Wildman–Crippen LogP) is 7.27. The molecule has 3 N–H and O–H groups in total. The van der Waals surface area contributed by atoms with E-state index in [9.17, 15) is 22.8 Å². The van der Waals surface area contributed by atoms with Gasteiger partial charge >= 0.3 is 6.18 Å². The molecule has 0 spiro atoms. The van der Waals surface area contributed by atoms with Crippen LogP contribution in [0.3, 0.4) is 0 Å². The molecule has 0 radical (unpaired) electrons. The maximum atomic E-state index is 13.5. The monoisotopic (exact) mass is 586 g/mol. The number of nitrogens with one attached hydrogen (secondary N) is 3. The molecular formula is C25H20Cl3F3N4O3. The van der Waals surface area contributed by atoms with Gasteiger partial charge in [0.2, 0.25) is 0 Å². The second-order valence-corrected chi connectivity index (χ2v) is 8.83. The molecule has 0 aliphatic rings. The third-order valence-electron chi connectivity index (χ3n) is 5.48. The number of halogens is 6. The van der Waals surface area contributed by atoms with Gasteiger partial charge in [-0.05, 0) is 48.9 Å². The van der Waals surface area contributed by atoms with E-state index in [1.807, 2.05) is 0 Å². The van der Waals surface area contributed by atoms with Crippen molar-refractivity contribution in [1.82, 2.24) is 9.97 Å². The normalized spacial score (nSPS) is 11.2. The molecule has 0 fully saturated rings. The molecule has 200 valence electrons. The van der Waals surface area contributed by atoms with Crippen LogP contribution < -0.4 is 10.6 Å². The Hall–Kier alpha value is -3.31. The number of aromatic amines is 1. The minimum atomic E-state index is -4.81. The average molecular weight is 588 g/mol. The molecule has 7 nitrogen and oxygen atoms in total. The van der Waals surface area contributed by atoms with Gasteiger partial charge in [0.25, 0.3) is 11.8 Å². The Bertz CT molecular complexity index is 1520. The van der Waals surface area contributed by atoms with Gasteiger partial charge < -0.3 is 20.4 Å². The van der Waals surface area contributed by atoms with Crippen LogP contribution in [-0.2, 0) is 17.5 Å². The van der Waals surface area contributed by atoms with Crippen LogP contribution in [-0.4, -0.2) is 28.9 Å². The summed E-state index contributed by atoms with van der Waals surface area (Å²) >= 11 is 12.1. The first kappa shape index (κ1) is 29.2. The first-order chi connectivity index (χ1) is 17.5. The van der Waals surface area contributed by atoms with E-state index in [0.717, 1.165) is 12.1 Å². The number of anilines is 2. The number of fused-ring (bicyclic) bond motifs is 1. The van der Waals surface area contributed by atoms with Crippen LogP contribution in [0.15, 0.2) is 48.5 Å². The van der Waals surface area contributed by atoms with Crippen molar-refractivity contribution in [3.8, 4) is 0 Å². The van der Waals surface area contributed by atoms with Crippen molar-refractivity contribution in [2.24, 2.45) is 0 Å². The van der Waals surface area contributed by atoms with Crippen LogP contribution in [0.5, 0.6) is 0 Å². The van der Waals surface area contributed by atoms with E-state index in [2.05, 4.69) is 20.6 Å². The van der Waals surface area contributed by atoms with Gasteiger partial charge in [0.15, 0.2) is 0 Å². The fraction of sp³-hybridized carbons (Fsp3) is 0.160. The number of nitrogens with zero attached hydrogens (tertiary/aromatic N) is 1. The van der Waals surface area contributed by atoms with E-state index in [1.165, 1.54) is 25.3 Å². The van der Waals surface area contributed by atoms with Crippen LogP contribution in [0.2, 0.25) is 10.0 Å². The highest BCUT2D eigenvalue weighted by molar-refractivity contribution is 6.34. The van der Waals surface area contributed by atoms with Crippen LogP contribution in [0, 0.1) is 6.92 Å². The smallest absolute Gasteiger partial charge is 0.377 e. The highest BCUT2D eigenvalue weighted by Crippen LogP contribution is 2.36. The van der Waals surface area contributed by atoms with Gasteiger partial charge in [0, 0.05) is 23.5 Å². The minimum absolute atomic E-state index is 0. The number of benzene rings is 3. The standard InChI is InChI=1S/C25H19Cl2F3N4O3.ClH/c1-12-16(26)6-4-8-18(12)33-23(35)14-9-13(10-19-22(14)34-20(32-19)11-37-2)31-24(36)21-15(25(28,29)30)5-3-7-17(21)27;/h3-10H,11H2,1-2H3,(H,31,36)(H,32,34)(H,33,35);1H. The SMILES string of the molecule is COCc1nc2c(C(=O)Nc3cccc(Cl)c3C)cc(NC(=O)c3c(Cl)cccc3C(F)(F)F)cc2[nH]1.Cl. The molecule has 0 aliphatic heterocycles. The summed E-state index contributed by atoms with van der Waals surface area (Å²) in [7, 11) is 1.47. The van der Waals surface area contributed by atoms with Crippen molar-refractivity contribution < 1.29 is 27.5 Å². The number of ether oxygens (including phenoxy) is 1. The summed E-state index contributed by atoms with van der Waals surface area (Å²) in [6.45, 7) is 1.84. The molecule has 0 bridgehead atoms. The molecule has 2 amide bonds. The number of rotatable bonds is 6. The summed E-state index contributed by atoms with van der Waals surface area (Å²) in [5.74, 6) is -1.26. The van der Waals surface area contributed by atoms with E-state index < -0.39 is 29.1 Å². The zero-order chi connectivity index (χ0) is 26.9. The third kappa shape index (κ3) is 6.05. The number of H-pyrrole nitrogens is 1. The first-order valence-corrected chi connectivity index (χ1v) is 11.5. The third-order valence-corrected chi connectivity index (χ3v) is 6.21. The highest BCUT2D eigenvalue weighted by Gasteiger charge is 2.36. The molecule has 1 aromatic heterocycles. The van der Waals surface area contributed by atoms with Gasteiger partial charge in [-0.25, -0.2) is 4.98 Å². The Balaban J connectivity index is 0.00000400. The van der Waals surface area contributed by atoms with E-state index in [0.29, 0.717) is 27.6 Å².